The maximum Gasteiger partial charge on any atom is 0.251 e. The average molecular weight is 334 g/mol. The van der Waals surface area contributed by atoms with Gasteiger partial charge in [-0.15, -0.1) is 0 Å². The molecule has 3 aromatic rings. The molecule has 1 fully saturated rings. The van der Waals surface area contributed by atoms with Crippen molar-refractivity contribution in [3.05, 3.63) is 54.4 Å². The third kappa shape index (κ3) is 3.03. The molecular weight excluding hydrogens is 312 g/mol. The SMILES string of the molecule is CNC(=O)c1ccc2c(-c3cnn(C4CCNCC4)c3)cccc2c1. The number of fused-ring (bicyclic) bond motifs is 1. The van der Waals surface area contributed by atoms with Gasteiger partial charge < -0.3 is 10.6 Å². The van der Waals surface area contributed by atoms with E-state index in [0.29, 0.717) is 11.6 Å². The lowest BCUT2D eigenvalue weighted by molar-refractivity contribution is 0.0963. The van der Waals surface area contributed by atoms with Crippen LogP contribution in [0.2, 0.25) is 0 Å². The molecule has 1 aromatic heterocycles. The molecule has 1 aliphatic heterocycles. The predicted molar refractivity (Wildman–Crippen MR) is 99.7 cm³/mol. The number of benzene rings is 2. The van der Waals surface area contributed by atoms with Crippen molar-refractivity contribution >= 4 is 16.7 Å². The van der Waals surface area contributed by atoms with Crippen LogP contribution in [0.15, 0.2) is 48.8 Å². The molecule has 25 heavy (non-hydrogen) atoms. The summed E-state index contributed by atoms with van der Waals surface area (Å²) in [6.07, 6.45) is 6.33. The second kappa shape index (κ2) is 6.69. The zero-order chi connectivity index (χ0) is 17.2. The van der Waals surface area contributed by atoms with Gasteiger partial charge in [-0.3, -0.25) is 9.48 Å². The monoisotopic (exact) mass is 334 g/mol. The molecule has 2 heterocycles. The lowest BCUT2D eigenvalue weighted by atomic mass is 9.98. The quantitative estimate of drug-likeness (QED) is 0.774. The van der Waals surface area contributed by atoms with E-state index in [9.17, 15) is 4.79 Å². The highest BCUT2D eigenvalue weighted by atomic mass is 16.1. The van der Waals surface area contributed by atoms with Crippen molar-refractivity contribution in [2.45, 2.75) is 18.9 Å². The van der Waals surface area contributed by atoms with Gasteiger partial charge in [-0.25, -0.2) is 0 Å². The molecule has 0 radical (unpaired) electrons. The summed E-state index contributed by atoms with van der Waals surface area (Å²) >= 11 is 0. The minimum absolute atomic E-state index is 0.0639. The Kier molecular flexibility index (Phi) is 4.24. The molecule has 0 aliphatic carbocycles. The number of nitrogens with one attached hydrogen (secondary N) is 2. The highest BCUT2D eigenvalue weighted by Gasteiger charge is 2.16. The summed E-state index contributed by atoms with van der Waals surface area (Å²) < 4.78 is 2.11. The Labute approximate surface area is 147 Å². The number of aromatic nitrogens is 2. The van der Waals surface area contributed by atoms with Crippen molar-refractivity contribution in [3.63, 3.8) is 0 Å². The summed E-state index contributed by atoms with van der Waals surface area (Å²) in [5.41, 5.74) is 2.95. The van der Waals surface area contributed by atoms with Crippen molar-refractivity contribution in [1.82, 2.24) is 20.4 Å². The highest BCUT2D eigenvalue weighted by molar-refractivity contribution is 6.02. The van der Waals surface area contributed by atoms with E-state index in [2.05, 4.69) is 32.7 Å². The van der Waals surface area contributed by atoms with E-state index >= 15 is 0 Å². The molecule has 0 saturated carbocycles. The van der Waals surface area contributed by atoms with Crippen molar-refractivity contribution in [2.75, 3.05) is 20.1 Å². The van der Waals surface area contributed by atoms with Gasteiger partial charge in [0.15, 0.2) is 0 Å². The number of nitrogens with zero attached hydrogens (tertiary/aromatic N) is 2. The fourth-order valence-corrected chi connectivity index (χ4v) is 3.57. The van der Waals surface area contributed by atoms with Crippen LogP contribution in [-0.4, -0.2) is 35.8 Å². The molecule has 1 amide bonds. The van der Waals surface area contributed by atoms with Crippen molar-refractivity contribution in [3.8, 4) is 11.1 Å². The molecule has 1 aliphatic rings. The summed E-state index contributed by atoms with van der Waals surface area (Å²) in [4.78, 5) is 11.9. The fourth-order valence-electron chi connectivity index (χ4n) is 3.57. The van der Waals surface area contributed by atoms with Crippen molar-refractivity contribution in [1.29, 1.82) is 0 Å². The standard InChI is InChI=1S/C20H22N4O/c1-21-20(25)15-5-6-19-14(11-15)3-2-4-18(19)16-12-23-24(13-16)17-7-9-22-10-8-17/h2-6,11-13,17,22H,7-10H2,1H3,(H,21,25). The molecule has 0 spiro atoms. The summed E-state index contributed by atoms with van der Waals surface area (Å²) in [5.74, 6) is -0.0639. The van der Waals surface area contributed by atoms with Crippen molar-refractivity contribution in [2.24, 2.45) is 0 Å². The van der Waals surface area contributed by atoms with E-state index in [0.717, 1.165) is 47.8 Å². The molecule has 1 saturated heterocycles. The molecule has 0 atom stereocenters. The summed E-state index contributed by atoms with van der Waals surface area (Å²) in [5, 5.41) is 12.9. The van der Waals surface area contributed by atoms with Gasteiger partial charge in [-0.2, -0.15) is 5.10 Å². The highest BCUT2D eigenvalue weighted by Crippen LogP contribution is 2.30. The van der Waals surface area contributed by atoms with Gasteiger partial charge in [0.25, 0.3) is 5.91 Å². The van der Waals surface area contributed by atoms with Crippen LogP contribution in [0.5, 0.6) is 0 Å². The minimum Gasteiger partial charge on any atom is -0.355 e. The molecule has 5 nitrogen and oxygen atoms in total. The average Bonchev–Trinajstić information content (AvgIpc) is 3.17. The molecule has 0 unspecified atom stereocenters. The number of carbonyl (C=O) groups is 1. The normalized spacial score (nSPS) is 15.4. The second-order valence-corrected chi connectivity index (χ2v) is 6.51. The topological polar surface area (TPSA) is 59.0 Å². The first kappa shape index (κ1) is 15.8. The number of hydrogen-bond donors (Lipinski definition) is 2. The lowest BCUT2D eigenvalue weighted by Crippen LogP contribution is -2.29. The Bertz CT molecular complexity index is 909. The number of carbonyl (C=O) groups excluding carboxylic acids is 1. The van der Waals surface area contributed by atoms with E-state index in [1.807, 2.05) is 36.5 Å². The number of hydrogen-bond acceptors (Lipinski definition) is 3. The van der Waals surface area contributed by atoms with Crippen LogP contribution >= 0.6 is 0 Å². The summed E-state index contributed by atoms with van der Waals surface area (Å²) in [7, 11) is 1.65. The van der Waals surface area contributed by atoms with Crippen LogP contribution in [0.1, 0.15) is 29.2 Å². The van der Waals surface area contributed by atoms with E-state index in [4.69, 9.17) is 0 Å². The summed E-state index contributed by atoms with van der Waals surface area (Å²) in [6.45, 7) is 2.10. The van der Waals surface area contributed by atoms with E-state index in [1.54, 1.807) is 7.05 Å². The molecule has 2 N–H and O–H groups in total. The molecule has 4 rings (SSSR count). The Morgan fingerprint density at radius 3 is 2.88 bits per heavy atom. The number of rotatable bonds is 3. The third-order valence-electron chi connectivity index (χ3n) is 4.96. The van der Waals surface area contributed by atoms with E-state index < -0.39 is 0 Å². The Morgan fingerprint density at radius 2 is 2.08 bits per heavy atom. The third-order valence-corrected chi connectivity index (χ3v) is 4.96. The maximum absolute atomic E-state index is 11.9. The number of amides is 1. The zero-order valence-corrected chi connectivity index (χ0v) is 14.3. The Balaban J connectivity index is 1.71. The smallest absolute Gasteiger partial charge is 0.251 e. The van der Waals surface area contributed by atoms with Crippen LogP contribution < -0.4 is 10.6 Å². The van der Waals surface area contributed by atoms with Gasteiger partial charge in [0.05, 0.1) is 12.2 Å². The van der Waals surface area contributed by atoms with Crippen LogP contribution in [0.3, 0.4) is 0 Å². The first-order valence-corrected chi connectivity index (χ1v) is 8.76. The second-order valence-electron chi connectivity index (χ2n) is 6.51. The first-order chi connectivity index (χ1) is 12.3. The number of piperidine rings is 1. The maximum atomic E-state index is 11.9. The molecule has 128 valence electrons. The van der Waals surface area contributed by atoms with Gasteiger partial charge in [-0.05, 0) is 54.4 Å². The molecular formula is C20H22N4O. The largest absolute Gasteiger partial charge is 0.355 e. The minimum atomic E-state index is -0.0639. The van der Waals surface area contributed by atoms with E-state index in [-0.39, 0.29) is 5.91 Å². The molecule has 0 bridgehead atoms. The predicted octanol–water partition coefficient (Wildman–Crippen LogP) is 2.99. The first-order valence-electron chi connectivity index (χ1n) is 8.76. The Morgan fingerprint density at radius 1 is 1.24 bits per heavy atom. The van der Waals surface area contributed by atoms with Gasteiger partial charge in [0, 0.05) is 24.4 Å². The van der Waals surface area contributed by atoms with E-state index in [1.165, 1.54) is 0 Å². The van der Waals surface area contributed by atoms with Gasteiger partial charge in [-0.1, -0.05) is 24.3 Å². The van der Waals surface area contributed by atoms with Gasteiger partial charge in [0.1, 0.15) is 0 Å². The fraction of sp³-hybridized carbons (Fsp3) is 0.300. The van der Waals surface area contributed by atoms with Crippen LogP contribution in [0.4, 0.5) is 0 Å². The molecule has 5 heteroatoms. The summed E-state index contributed by atoms with van der Waals surface area (Å²) in [6, 6.07) is 12.5. The van der Waals surface area contributed by atoms with Crippen LogP contribution in [0.25, 0.3) is 21.9 Å². The molecule has 2 aromatic carbocycles. The van der Waals surface area contributed by atoms with Crippen molar-refractivity contribution < 1.29 is 4.79 Å². The van der Waals surface area contributed by atoms with Gasteiger partial charge >= 0.3 is 0 Å². The lowest BCUT2D eigenvalue weighted by Gasteiger charge is -2.22. The van der Waals surface area contributed by atoms with Crippen LogP contribution in [0, 0.1) is 0 Å². The van der Waals surface area contributed by atoms with Gasteiger partial charge in [0.2, 0.25) is 0 Å². The zero-order valence-electron chi connectivity index (χ0n) is 14.3. The van der Waals surface area contributed by atoms with Crippen LogP contribution in [-0.2, 0) is 0 Å². The Hall–Kier alpha value is -2.66.